The Labute approximate surface area is 178 Å². The van der Waals surface area contributed by atoms with Crippen LogP contribution in [0.5, 0.6) is 5.75 Å². The second-order valence-corrected chi connectivity index (χ2v) is 9.54. The Balaban J connectivity index is 1.75. The summed E-state index contributed by atoms with van der Waals surface area (Å²) in [7, 11) is -2.30. The molecule has 2 atom stereocenters. The predicted molar refractivity (Wildman–Crippen MR) is 117 cm³/mol. The van der Waals surface area contributed by atoms with Crippen LogP contribution in [-0.2, 0) is 27.9 Å². The van der Waals surface area contributed by atoms with E-state index in [4.69, 9.17) is 9.47 Å². The number of hydrogen-bond donors (Lipinski definition) is 0. The first kappa shape index (κ1) is 20.8. The standard InChI is InChI=1S/C24H27NO4S/c1-28-23-13-7-8-14-24(23)30(26,27)25-16-20-11-5-6-12-21(20)17-29-18-22(25)15-19-9-3-2-4-10-19/h2-9,11-14,19,22H,10,15-18H2,1H3. The summed E-state index contributed by atoms with van der Waals surface area (Å²) in [6, 6.07) is 14.4. The first-order valence-electron chi connectivity index (χ1n) is 10.2. The predicted octanol–water partition coefficient (Wildman–Crippen LogP) is 4.31. The molecule has 5 nitrogen and oxygen atoms in total. The van der Waals surface area contributed by atoms with Gasteiger partial charge in [-0.05, 0) is 42.0 Å². The van der Waals surface area contributed by atoms with Crippen LogP contribution in [0.15, 0.2) is 77.7 Å². The number of methoxy groups -OCH3 is 1. The fourth-order valence-electron chi connectivity index (χ4n) is 4.12. The van der Waals surface area contributed by atoms with Crippen molar-refractivity contribution in [3.8, 4) is 5.75 Å². The zero-order chi connectivity index (χ0) is 21.0. The third-order valence-corrected chi connectivity index (χ3v) is 7.66. The summed E-state index contributed by atoms with van der Waals surface area (Å²) in [6.45, 7) is 1.17. The highest BCUT2D eigenvalue weighted by atomic mass is 32.2. The van der Waals surface area contributed by atoms with E-state index in [0.29, 0.717) is 31.9 Å². The Morgan fingerprint density at radius 2 is 1.83 bits per heavy atom. The summed E-state index contributed by atoms with van der Waals surface area (Å²) in [4.78, 5) is 0.189. The molecular weight excluding hydrogens is 398 g/mol. The van der Waals surface area contributed by atoms with Crippen LogP contribution >= 0.6 is 0 Å². The van der Waals surface area contributed by atoms with Gasteiger partial charge in [0, 0.05) is 12.6 Å². The molecule has 0 amide bonds. The highest BCUT2D eigenvalue weighted by Gasteiger charge is 2.36. The van der Waals surface area contributed by atoms with E-state index in [1.54, 1.807) is 28.6 Å². The van der Waals surface area contributed by atoms with Crippen LogP contribution in [-0.4, -0.2) is 32.5 Å². The lowest BCUT2D eigenvalue weighted by Crippen LogP contribution is -2.44. The molecule has 0 radical (unpaired) electrons. The van der Waals surface area contributed by atoms with E-state index in [1.165, 1.54) is 7.11 Å². The van der Waals surface area contributed by atoms with Crippen molar-refractivity contribution in [1.29, 1.82) is 0 Å². The average molecular weight is 426 g/mol. The molecule has 0 bridgehead atoms. The Bertz CT molecular complexity index is 1040. The molecule has 0 saturated heterocycles. The number of allylic oxidation sites excluding steroid dienone is 4. The number of fused-ring (bicyclic) bond motifs is 1. The Kier molecular flexibility index (Phi) is 6.37. The SMILES string of the molecule is COc1ccccc1S(=O)(=O)N1Cc2ccccc2COCC1CC1C=CC=CC1. The van der Waals surface area contributed by atoms with Crippen molar-refractivity contribution in [2.45, 2.75) is 36.9 Å². The third-order valence-electron chi connectivity index (χ3n) is 5.72. The van der Waals surface area contributed by atoms with E-state index in [9.17, 15) is 8.42 Å². The van der Waals surface area contributed by atoms with Crippen molar-refractivity contribution in [3.63, 3.8) is 0 Å². The maximum atomic E-state index is 13.9. The fraction of sp³-hybridized carbons (Fsp3) is 0.333. The molecule has 30 heavy (non-hydrogen) atoms. The van der Waals surface area contributed by atoms with Crippen molar-refractivity contribution in [2.24, 2.45) is 5.92 Å². The van der Waals surface area contributed by atoms with Gasteiger partial charge in [0.1, 0.15) is 10.6 Å². The summed E-state index contributed by atoms with van der Waals surface area (Å²) in [5, 5.41) is 0. The minimum atomic E-state index is -3.80. The van der Waals surface area contributed by atoms with Gasteiger partial charge in [0.15, 0.2) is 0 Å². The highest BCUT2D eigenvalue weighted by molar-refractivity contribution is 7.89. The minimum absolute atomic E-state index is 0.189. The van der Waals surface area contributed by atoms with Crippen molar-refractivity contribution in [3.05, 3.63) is 84.0 Å². The smallest absolute Gasteiger partial charge is 0.247 e. The van der Waals surface area contributed by atoms with Crippen LogP contribution in [0.4, 0.5) is 0 Å². The molecule has 0 aromatic heterocycles. The Morgan fingerprint density at radius 1 is 1.07 bits per heavy atom. The lowest BCUT2D eigenvalue weighted by atomic mass is 9.93. The second kappa shape index (κ2) is 9.16. The number of sulfonamides is 1. The lowest BCUT2D eigenvalue weighted by molar-refractivity contribution is 0.0604. The maximum absolute atomic E-state index is 13.9. The van der Waals surface area contributed by atoms with Gasteiger partial charge in [-0.1, -0.05) is 60.7 Å². The number of rotatable bonds is 5. The van der Waals surface area contributed by atoms with Gasteiger partial charge in [-0.3, -0.25) is 0 Å². The number of hydrogen-bond acceptors (Lipinski definition) is 4. The summed E-state index contributed by atoms with van der Waals surface area (Å²) < 4.78 is 40.7. The van der Waals surface area contributed by atoms with E-state index < -0.39 is 10.0 Å². The number of benzene rings is 2. The van der Waals surface area contributed by atoms with Crippen LogP contribution in [0.3, 0.4) is 0 Å². The quantitative estimate of drug-likeness (QED) is 0.716. The zero-order valence-corrected chi connectivity index (χ0v) is 17.9. The Hall–Kier alpha value is -2.41. The molecule has 1 heterocycles. The largest absolute Gasteiger partial charge is 0.495 e. The van der Waals surface area contributed by atoms with Crippen molar-refractivity contribution in [1.82, 2.24) is 4.31 Å². The monoisotopic (exact) mass is 425 g/mol. The Morgan fingerprint density at radius 3 is 2.60 bits per heavy atom. The summed E-state index contributed by atoms with van der Waals surface area (Å²) >= 11 is 0. The molecule has 1 aliphatic heterocycles. The van der Waals surface area contributed by atoms with Gasteiger partial charge in [-0.15, -0.1) is 0 Å². The van der Waals surface area contributed by atoms with Crippen molar-refractivity contribution in [2.75, 3.05) is 13.7 Å². The van der Waals surface area contributed by atoms with Gasteiger partial charge in [-0.25, -0.2) is 8.42 Å². The van der Waals surface area contributed by atoms with Crippen LogP contribution in [0.25, 0.3) is 0 Å². The van der Waals surface area contributed by atoms with Gasteiger partial charge >= 0.3 is 0 Å². The average Bonchev–Trinajstić information content (AvgIpc) is 2.76. The minimum Gasteiger partial charge on any atom is -0.495 e. The molecule has 4 rings (SSSR count). The van der Waals surface area contributed by atoms with E-state index in [0.717, 1.165) is 17.5 Å². The highest BCUT2D eigenvalue weighted by Crippen LogP contribution is 2.33. The van der Waals surface area contributed by atoms with Crippen LogP contribution < -0.4 is 4.74 Å². The van der Waals surface area contributed by atoms with Crippen LogP contribution in [0.2, 0.25) is 0 Å². The first-order chi connectivity index (χ1) is 14.6. The lowest BCUT2D eigenvalue weighted by Gasteiger charge is -2.35. The number of nitrogens with zero attached hydrogens (tertiary/aromatic N) is 1. The zero-order valence-electron chi connectivity index (χ0n) is 17.1. The van der Waals surface area contributed by atoms with Gasteiger partial charge < -0.3 is 9.47 Å². The topological polar surface area (TPSA) is 55.8 Å². The molecule has 0 fully saturated rings. The van der Waals surface area contributed by atoms with Crippen LogP contribution in [0.1, 0.15) is 24.0 Å². The van der Waals surface area contributed by atoms with E-state index >= 15 is 0 Å². The molecule has 0 N–H and O–H groups in total. The molecule has 2 unspecified atom stereocenters. The second-order valence-electron chi connectivity index (χ2n) is 7.68. The molecular formula is C24H27NO4S. The molecule has 158 valence electrons. The van der Waals surface area contributed by atoms with E-state index in [-0.39, 0.29) is 16.9 Å². The molecule has 6 heteroatoms. The molecule has 2 aliphatic rings. The molecule has 2 aromatic rings. The summed E-state index contributed by atoms with van der Waals surface area (Å²) in [6.07, 6.45) is 9.96. The van der Waals surface area contributed by atoms with Gasteiger partial charge in [0.05, 0.1) is 20.3 Å². The number of ether oxygens (including phenoxy) is 2. The summed E-state index contributed by atoms with van der Waals surface area (Å²) in [5.74, 6) is 0.640. The first-order valence-corrected chi connectivity index (χ1v) is 11.7. The molecule has 0 spiro atoms. The van der Waals surface area contributed by atoms with Crippen molar-refractivity contribution >= 4 is 10.0 Å². The fourth-order valence-corrected chi connectivity index (χ4v) is 5.88. The van der Waals surface area contributed by atoms with Gasteiger partial charge in [0.2, 0.25) is 10.0 Å². The van der Waals surface area contributed by atoms with Gasteiger partial charge in [-0.2, -0.15) is 4.31 Å². The molecule has 2 aromatic carbocycles. The molecule has 1 aliphatic carbocycles. The van der Waals surface area contributed by atoms with E-state index in [2.05, 4.69) is 12.2 Å². The number of para-hydroxylation sites is 1. The normalized spacial score (nSPS) is 22.2. The summed E-state index contributed by atoms with van der Waals surface area (Å²) in [5.41, 5.74) is 2.00. The van der Waals surface area contributed by atoms with E-state index in [1.807, 2.05) is 36.4 Å². The van der Waals surface area contributed by atoms with Crippen LogP contribution in [0, 0.1) is 5.92 Å². The van der Waals surface area contributed by atoms with Gasteiger partial charge in [0.25, 0.3) is 0 Å². The third kappa shape index (κ3) is 4.36. The maximum Gasteiger partial charge on any atom is 0.247 e. The molecule has 0 saturated carbocycles. The van der Waals surface area contributed by atoms with Crippen molar-refractivity contribution < 1.29 is 17.9 Å².